The highest BCUT2D eigenvalue weighted by molar-refractivity contribution is 5.46. The number of nitrogen functional groups attached to an aromatic ring is 1. The number of aliphatic hydroxyl groups is 1. The second-order valence-corrected chi connectivity index (χ2v) is 4.81. The first kappa shape index (κ1) is 14.0. The van der Waals surface area contributed by atoms with Gasteiger partial charge < -0.3 is 15.8 Å². The van der Waals surface area contributed by atoms with Gasteiger partial charge in [-0.05, 0) is 24.7 Å². The van der Waals surface area contributed by atoms with Crippen LogP contribution in [0.1, 0.15) is 19.3 Å². The minimum absolute atomic E-state index is 0.0297. The number of nitrogens with two attached hydrogens (primary N) is 1. The van der Waals surface area contributed by atoms with Crippen LogP contribution in [0, 0.1) is 23.5 Å². The fraction of sp³-hybridized carbons (Fsp3) is 0.583. The number of pyridine rings is 1. The Labute approximate surface area is 110 Å². The van der Waals surface area contributed by atoms with Crippen LogP contribution in [0.5, 0.6) is 0 Å². The van der Waals surface area contributed by atoms with Crippen molar-refractivity contribution < 1.29 is 13.9 Å². The SMILES string of the molecule is NNc1nc(NCC2CCCC2CO)c(F)cc1F. The molecular formula is C12H18F2N4O. The molecule has 1 saturated carbocycles. The van der Waals surface area contributed by atoms with Gasteiger partial charge in [-0.25, -0.2) is 19.6 Å². The van der Waals surface area contributed by atoms with Gasteiger partial charge >= 0.3 is 0 Å². The molecule has 0 aromatic carbocycles. The average molecular weight is 272 g/mol. The van der Waals surface area contributed by atoms with Crippen molar-refractivity contribution >= 4 is 11.6 Å². The van der Waals surface area contributed by atoms with Gasteiger partial charge in [0.2, 0.25) is 0 Å². The van der Waals surface area contributed by atoms with Gasteiger partial charge in [0.15, 0.2) is 23.3 Å². The van der Waals surface area contributed by atoms with Gasteiger partial charge in [-0.15, -0.1) is 0 Å². The highest BCUT2D eigenvalue weighted by Gasteiger charge is 2.26. The molecule has 1 fully saturated rings. The number of nitrogens with one attached hydrogen (secondary N) is 2. The highest BCUT2D eigenvalue weighted by Crippen LogP contribution is 2.31. The minimum Gasteiger partial charge on any atom is -0.396 e. The van der Waals surface area contributed by atoms with Crippen molar-refractivity contribution in [3.63, 3.8) is 0 Å². The first-order valence-electron chi connectivity index (χ1n) is 6.33. The van der Waals surface area contributed by atoms with Crippen LogP contribution in [0.3, 0.4) is 0 Å². The average Bonchev–Trinajstić information content (AvgIpc) is 2.85. The van der Waals surface area contributed by atoms with Crippen molar-refractivity contribution in [1.82, 2.24) is 4.98 Å². The topological polar surface area (TPSA) is 83.2 Å². The number of nitrogens with zero attached hydrogens (tertiary/aromatic N) is 1. The number of halogens is 2. The first-order valence-corrected chi connectivity index (χ1v) is 6.33. The molecule has 1 aliphatic carbocycles. The third-order valence-corrected chi connectivity index (χ3v) is 3.65. The van der Waals surface area contributed by atoms with Gasteiger partial charge in [0.25, 0.3) is 0 Å². The van der Waals surface area contributed by atoms with E-state index in [1.807, 2.05) is 0 Å². The van der Waals surface area contributed by atoms with E-state index in [1.165, 1.54) is 0 Å². The Morgan fingerprint density at radius 1 is 1.26 bits per heavy atom. The second kappa shape index (κ2) is 6.12. The maximum absolute atomic E-state index is 13.5. The van der Waals surface area contributed by atoms with Gasteiger partial charge in [-0.3, -0.25) is 0 Å². The molecule has 106 valence electrons. The molecular weight excluding hydrogens is 254 g/mol. The molecule has 0 aliphatic heterocycles. The van der Waals surface area contributed by atoms with Crippen LogP contribution >= 0.6 is 0 Å². The third-order valence-electron chi connectivity index (χ3n) is 3.65. The van der Waals surface area contributed by atoms with Crippen LogP contribution in [0.25, 0.3) is 0 Å². The van der Waals surface area contributed by atoms with E-state index < -0.39 is 11.6 Å². The number of hydrogen-bond donors (Lipinski definition) is 4. The molecule has 1 aromatic rings. The van der Waals surface area contributed by atoms with E-state index in [2.05, 4.69) is 15.7 Å². The van der Waals surface area contributed by atoms with Crippen molar-refractivity contribution in [3.05, 3.63) is 17.7 Å². The Morgan fingerprint density at radius 2 is 1.95 bits per heavy atom. The lowest BCUT2D eigenvalue weighted by Gasteiger charge is -2.18. The van der Waals surface area contributed by atoms with Crippen LogP contribution in [-0.4, -0.2) is 23.2 Å². The molecule has 2 unspecified atom stereocenters. The first-order chi connectivity index (χ1) is 9.15. The van der Waals surface area contributed by atoms with Crippen LogP contribution in [0.2, 0.25) is 0 Å². The molecule has 0 bridgehead atoms. The van der Waals surface area contributed by atoms with Crippen LogP contribution < -0.4 is 16.6 Å². The Hall–Kier alpha value is -1.47. The quantitative estimate of drug-likeness (QED) is 0.482. The van der Waals surface area contributed by atoms with Crippen molar-refractivity contribution in [2.24, 2.45) is 17.7 Å². The Kier molecular flexibility index (Phi) is 4.49. The number of anilines is 2. The van der Waals surface area contributed by atoms with Crippen LogP contribution in [0.15, 0.2) is 6.07 Å². The van der Waals surface area contributed by atoms with E-state index in [1.54, 1.807) is 0 Å². The standard InChI is InChI=1S/C12H18F2N4O/c13-9-4-10(14)12(18-15)17-11(9)16-5-7-2-1-3-8(7)6-19/h4,7-8,19H,1-3,5-6,15H2,(H2,16,17,18). The van der Waals surface area contributed by atoms with E-state index in [4.69, 9.17) is 5.84 Å². The summed E-state index contributed by atoms with van der Waals surface area (Å²) in [6, 6.07) is 0.739. The number of aliphatic hydroxyl groups excluding tert-OH is 1. The summed E-state index contributed by atoms with van der Waals surface area (Å²) in [6.45, 7) is 0.645. The summed E-state index contributed by atoms with van der Waals surface area (Å²) >= 11 is 0. The zero-order valence-electron chi connectivity index (χ0n) is 10.5. The van der Waals surface area contributed by atoms with E-state index in [0.717, 1.165) is 25.3 Å². The third kappa shape index (κ3) is 3.10. The smallest absolute Gasteiger partial charge is 0.178 e. The molecule has 1 heterocycles. The van der Waals surface area contributed by atoms with Gasteiger partial charge in [-0.1, -0.05) is 6.42 Å². The van der Waals surface area contributed by atoms with Crippen LogP contribution in [-0.2, 0) is 0 Å². The maximum atomic E-state index is 13.5. The summed E-state index contributed by atoms with van der Waals surface area (Å²) in [6.07, 6.45) is 3.04. The minimum atomic E-state index is -0.834. The van der Waals surface area contributed by atoms with E-state index in [0.29, 0.717) is 6.54 Å². The number of hydrazine groups is 1. The van der Waals surface area contributed by atoms with E-state index >= 15 is 0 Å². The molecule has 1 aliphatic rings. The van der Waals surface area contributed by atoms with E-state index in [-0.39, 0.29) is 30.1 Å². The van der Waals surface area contributed by atoms with E-state index in [9.17, 15) is 13.9 Å². The zero-order chi connectivity index (χ0) is 13.8. The highest BCUT2D eigenvalue weighted by atomic mass is 19.1. The predicted molar refractivity (Wildman–Crippen MR) is 68.4 cm³/mol. The molecule has 2 rings (SSSR count). The zero-order valence-corrected chi connectivity index (χ0v) is 10.5. The molecule has 0 spiro atoms. The maximum Gasteiger partial charge on any atom is 0.178 e. The summed E-state index contributed by atoms with van der Waals surface area (Å²) in [4.78, 5) is 3.74. The number of hydrogen-bond acceptors (Lipinski definition) is 5. The summed E-state index contributed by atoms with van der Waals surface area (Å²) in [5.74, 6) is 3.80. The molecule has 0 amide bonds. The molecule has 0 saturated heterocycles. The Bertz CT molecular complexity index is 444. The summed E-state index contributed by atoms with van der Waals surface area (Å²) in [5, 5.41) is 12.1. The summed E-state index contributed by atoms with van der Waals surface area (Å²) in [5.41, 5.74) is 2.08. The Morgan fingerprint density at radius 3 is 2.63 bits per heavy atom. The Balaban J connectivity index is 2.03. The van der Waals surface area contributed by atoms with Crippen LogP contribution in [0.4, 0.5) is 20.4 Å². The molecule has 7 heteroatoms. The molecule has 19 heavy (non-hydrogen) atoms. The van der Waals surface area contributed by atoms with Gasteiger partial charge in [0, 0.05) is 19.2 Å². The molecule has 1 aromatic heterocycles. The summed E-state index contributed by atoms with van der Waals surface area (Å²) < 4.78 is 26.7. The van der Waals surface area contributed by atoms with Crippen molar-refractivity contribution in [1.29, 1.82) is 0 Å². The van der Waals surface area contributed by atoms with Crippen molar-refractivity contribution in [2.75, 3.05) is 23.9 Å². The fourth-order valence-electron chi connectivity index (χ4n) is 2.54. The largest absolute Gasteiger partial charge is 0.396 e. The number of rotatable bonds is 5. The molecule has 2 atom stereocenters. The second-order valence-electron chi connectivity index (χ2n) is 4.81. The van der Waals surface area contributed by atoms with Gasteiger partial charge in [0.05, 0.1) is 0 Å². The number of aromatic nitrogens is 1. The monoisotopic (exact) mass is 272 g/mol. The lowest BCUT2D eigenvalue weighted by Crippen LogP contribution is -2.22. The van der Waals surface area contributed by atoms with Gasteiger partial charge in [0.1, 0.15) is 0 Å². The predicted octanol–water partition coefficient (Wildman–Crippen LogP) is 1.47. The molecule has 5 N–H and O–H groups in total. The molecule has 5 nitrogen and oxygen atoms in total. The molecule has 0 radical (unpaired) electrons. The van der Waals surface area contributed by atoms with Crippen molar-refractivity contribution in [3.8, 4) is 0 Å². The van der Waals surface area contributed by atoms with Crippen molar-refractivity contribution in [2.45, 2.75) is 19.3 Å². The fourth-order valence-corrected chi connectivity index (χ4v) is 2.54. The normalized spacial score (nSPS) is 22.5. The lowest BCUT2D eigenvalue weighted by atomic mass is 9.97. The lowest BCUT2D eigenvalue weighted by molar-refractivity contribution is 0.199. The van der Waals surface area contributed by atoms with Gasteiger partial charge in [-0.2, -0.15) is 0 Å². The summed E-state index contributed by atoms with van der Waals surface area (Å²) in [7, 11) is 0.